The van der Waals surface area contributed by atoms with Crippen LogP contribution in [0.15, 0.2) is 30.3 Å². The van der Waals surface area contributed by atoms with Gasteiger partial charge in [0.2, 0.25) is 5.91 Å². The van der Waals surface area contributed by atoms with E-state index in [-0.39, 0.29) is 11.7 Å². The molecule has 0 saturated carbocycles. The standard InChI is InChI=1S/C15H23N3O2/c1-11(14(19)12-7-3-2-4-8-12)18-15(20)13(17)9-5-6-10-16/h2-4,7-8,11,13H,5-6,9-10,16-17H2,1H3,(H,18,20)/t11-,13-/m0/s1. The lowest BCUT2D eigenvalue weighted by atomic mass is 10.0. The number of carbonyl (C=O) groups is 2. The topological polar surface area (TPSA) is 98.2 Å². The van der Waals surface area contributed by atoms with E-state index in [0.717, 1.165) is 12.8 Å². The zero-order valence-electron chi connectivity index (χ0n) is 11.8. The molecule has 2 atom stereocenters. The highest BCUT2D eigenvalue weighted by Crippen LogP contribution is 2.04. The minimum atomic E-state index is -0.590. The fourth-order valence-corrected chi connectivity index (χ4v) is 1.88. The number of carbonyl (C=O) groups excluding carboxylic acids is 2. The van der Waals surface area contributed by atoms with Crippen molar-refractivity contribution in [3.63, 3.8) is 0 Å². The van der Waals surface area contributed by atoms with Gasteiger partial charge in [0.25, 0.3) is 0 Å². The molecule has 110 valence electrons. The molecule has 0 spiro atoms. The van der Waals surface area contributed by atoms with Crippen LogP contribution in [0.5, 0.6) is 0 Å². The van der Waals surface area contributed by atoms with Gasteiger partial charge in [0.1, 0.15) is 0 Å². The summed E-state index contributed by atoms with van der Waals surface area (Å²) in [5, 5.41) is 2.66. The molecule has 0 saturated heterocycles. The Hall–Kier alpha value is -1.72. The monoisotopic (exact) mass is 277 g/mol. The molecule has 0 fully saturated rings. The third-order valence-electron chi connectivity index (χ3n) is 3.12. The number of ketones is 1. The number of rotatable bonds is 8. The van der Waals surface area contributed by atoms with E-state index in [9.17, 15) is 9.59 Å². The molecular weight excluding hydrogens is 254 g/mol. The van der Waals surface area contributed by atoms with Crippen LogP contribution in [-0.2, 0) is 4.79 Å². The van der Waals surface area contributed by atoms with Gasteiger partial charge in [0.05, 0.1) is 12.1 Å². The van der Waals surface area contributed by atoms with Gasteiger partial charge >= 0.3 is 0 Å². The van der Waals surface area contributed by atoms with Gasteiger partial charge in [-0.2, -0.15) is 0 Å². The number of hydrogen-bond donors (Lipinski definition) is 3. The van der Waals surface area contributed by atoms with Crippen LogP contribution in [0.2, 0.25) is 0 Å². The SMILES string of the molecule is C[C@H](NC(=O)[C@@H](N)CCCCN)C(=O)c1ccccc1. The van der Waals surface area contributed by atoms with Crippen molar-refractivity contribution in [1.82, 2.24) is 5.32 Å². The molecule has 1 aromatic carbocycles. The maximum atomic E-state index is 12.1. The lowest BCUT2D eigenvalue weighted by Crippen LogP contribution is -2.47. The van der Waals surface area contributed by atoms with Gasteiger partial charge in [-0.15, -0.1) is 0 Å². The molecule has 1 rings (SSSR count). The number of amides is 1. The minimum absolute atomic E-state index is 0.117. The summed E-state index contributed by atoms with van der Waals surface area (Å²) in [6.07, 6.45) is 2.24. The average Bonchev–Trinajstić information content (AvgIpc) is 2.47. The summed E-state index contributed by atoms with van der Waals surface area (Å²) in [7, 11) is 0. The number of nitrogens with one attached hydrogen (secondary N) is 1. The quantitative estimate of drug-likeness (QED) is 0.484. The first-order valence-electron chi connectivity index (χ1n) is 6.91. The molecule has 0 bridgehead atoms. The molecule has 5 N–H and O–H groups in total. The Labute approximate surface area is 119 Å². The summed E-state index contributed by atoms with van der Waals surface area (Å²) in [5.74, 6) is -0.410. The van der Waals surface area contributed by atoms with Crippen molar-refractivity contribution < 1.29 is 9.59 Å². The molecular formula is C15H23N3O2. The van der Waals surface area contributed by atoms with E-state index in [1.807, 2.05) is 6.07 Å². The molecule has 0 radical (unpaired) electrons. The predicted octanol–water partition coefficient (Wildman–Crippen LogP) is 0.830. The van der Waals surface area contributed by atoms with Crippen LogP contribution in [0.4, 0.5) is 0 Å². The fraction of sp³-hybridized carbons (Fsp3) is 0.467. The Morgan fingerprint density at radius 3 is 2.45 bits per heavy atom. The molecule has 5 heteroatoms. The molecule has 5 nitrogen and oxygen atoms in total. The number of benzene rings is 1. The summed E-state index contributed by atoms with van der Waals surface area (Å²) in [4.78, 5) is 24.0. The van der Waals surface area contributed by atoms with Crippen molar-refractivity contribution in [1.29, 1.82) is 0 Å². The van der Waals surface area contributed by atoms with Gasteiger partial charge < -0.3 is 16.8 Å². The van der Waals surface area contributed by atoms with Crippen molar-refractivity contribution in [3.8, 4) is 0 Å². The Morgan fingerprint density at radius 2 is 1.85 bits per heavy atom. The smallest absolute Gasteiger partial charge is 0.237 e. The summed E-state index contributed by atoms with van der Waals surface area (Å²) in [5.41, 5.74) is 11.8. The molecule has 0 unspecified atom stereocenters. The van der Waals surface area contributed by atoms with Gasteiger partial charge in [-0.3, -0.25) is 9.59 Å². The van der Waals surface area contributed by atoms with Gasteiger partial charge in [-0.25, -0.2) is 0 Å². The first kappa shape index (κ1) is 16.3. The van der Waals surface area contributed by atoms with Crippen molar-refractivity contribution in [3.05, 3.63) is 35.9 Å². The maximum absolute atomic E-state index is 12.1. The third kappa shape index (κ3) is 5.11. The highest BCUT2D eigenvalue weighted by Gasteiger charge is 2.20. The highest BCUT2D eigenvalue weighted by molar-refractivity contribution is 6.01. The van der Waals surface area contributed by atoms with Gasteiger partial charge in [-0.1, -0.05) is 36.8 Å². The Balaban J connectivity index is 2.47. The molecule has 0 heterocycles. The lowest BCUT2D eigenvalue weighted by Gasteiger charge is -2.16. The molecule has 0 aliphatic heterocycles. The van der Waals surface area contributed by atoms with E-state index in [1.54, 1.807) is 31.2 Å². The molecule has 0 aromatic heterocycles. The van der Waals surface area contributed by atoms with Crippen LogP contribution in [0.3, 0.4) is 0 Å². The maximum Gasteiger partial charge on any atom is 0.237 e. The molecule has 1 aromatic rings. The summed E-state index contributed by atoms with van der Waals surface area (Å²) >= 11 is 0. The van der Waals surface area contributed by atoms with Crippen LogP contribution in [0.1, 0.15) is 36.5 Å². The van der Waals surface area contributed by atoms with Gasteiger partial charge in [0.15, 0.2) is 5.78 Å². The summed E-state index contributed by atoms with van der Waals surface area (Å²) < 4.78 is 0. The second-order valence-electron chi connectivity index (χ2n) is 4.85. The lowest BCUT2D eigenvalue weighted by molar-refractivity contribution is -0.122. The normalized spacial score (nSPS) is 13.6. The van der Waals surface area contributed by atoms with Crippen LogP contribution < -0.4 is 16.8 Å². The van der Waals surface area contributed by atoms with E-state index in [4.69, 9.17) is 11.5 Å². The number of Topliss-reactive ketones (excluding diaryl/α,β-unsaturated/α-hetero) is 1. The zero-order chi connectivity index (χ0) is 15.0. The Morgan fingerprint density at radius 1 is 1.20 bits per heavy atom. The summed E-state index contributed by atoms with van der Waals surface area (Å²) in [6, 6.07) is 7.71. The Bertz CT molecular complexity index is 434. The largest absolute Gasteiger partial charge is 0.345 e. The van der Waals surface area contributed by atoms with Crippen LogP contribution >= 0.6 is 0 Å². The number of nitrogens with two attached hydrogens (primary N) is 2. The second-order valence-corrected chi connectivity index (χ2v) is 4.85. The number of hydrogen-bond acceptors (Lipinski definition) is 4. The average molecular weight is 277 g/mol. The van der Waals surface area contributed by atoms with Crippen LogP contribution in [0, 0.1) is 0 Å². The van der Waals surface area contributed by atoms with E-state index in [2.05, 4.69) is 5.32 Å². The molecule has 1 amide bonds. The zero-order valence-corrected chi connectivity index (χ0v) is 11.8. The molecule has 0 aliphatic carbocycles. The molecule has 20 heavy (non-hydrogen) atoms. The Kier molecular flexibility index (Phi) is 6.90. The van der Waals surface area contributed by atoms with E-state index < -0.39 is 12.1 Å². The van der Waals surface area contributed by atoms with Crippen LogP contribution in [-0.4, -0.2) is 30.3 Å². The van der Waals surface area contributed by atoms with E-state index in [1.165, 1.54) is 0 Å². The van der Waals surface area contributed by atoms with Crippen molar-refractivity contribution in [2.24, 2.45) is 11.5 Å². The van der Waals surface area contributed by atoms with Gasteiger partial charge in [-0.05, 0) is 26.3 Å². The molecule has 0 aliphatic rings. The first-order chi connectivity index (χ1) is 9.56. The van der Waals surface area contributed by atoms with Crippen molar-refractivity contribution in [2.75, 3.05) is 6.54 Å². The predicted molar refractivity (Wildman–Crippen MR) is 79.3 cm³/mol. The first-order valence-corrected chi connectivity index (χ1v) is 6.91. The summed E-state index contributed by atoms with van der Waals surface area (Å²) in [6.45, 7) is 2.26. The highest BCUT2D eigenvalue weighted by atomic mass is 16.2. The van der Waals surface area contributed by atoms with Crippen molar-refractivity contribution in [2.45, 2.75) is 38.3 Å². The van der Waals surface area contributed by atoms with Gasteiger partial charge in [0, 0.05) is 5.56 Å². The number of unbranched alkanes of at least 4 members (excludes halogenated alkanes) is 1. The van der Waals surface area contributed by atoms with Crippen molar-refractivity contribution >= 4 is 11.7 Å². The van der Waals surface area contributed by atoms with E-state index >= 15 is 0 Å². The van der Waals surface area contributed by atoms with E-state index in [0.29, 0.717) is 18.5 Å². The van der Waals surface area contributed by atoms with Crippen LogP contribution in [0.25, 0.3) is 0 Å². The minimum Gasteiger partial charge on any atom is -0.345 e. The second kappa shape index (κ2) is 8.45. The third-order valence-corrected chi connectivity index (χ3v) is 3.12. The fourth-order valence-electron chi connectivity index (χ4n) is 1.88.